The van der Waals surface area contributed by atoms with E-state index in [1.54, 1.807) is 0 Å². The molecule has 1 heterocycles. The standard InChI is InChI=1S/C15H21N3S/c1-13-12-18(14-8-4-3-5-9-14)15(17-13)16-10-6-7-11-19-2/h3-5,8-9,12H,6-7,10-11H2,1-2H3,(H,16,17). The predicted molar refractivity (Wildman–Crippen MR) is 84.4 cm³/mol. The van der Waals surface area contributed by atoms with Crippen LogP contribution < -0.4 is 5.32 Å². The van der Waals surface area contributed by atoms with Gasteiger partial charge in [-0.3, -0.25) is 4.57 Å². The molecule has 1 aromatic heterocycles. The van der Waals surface area contributed by atoms with E-state index in [1.807, 2.05) is 36.9 Å². The second-order valence-electron chi connectivity index (χ2n) is 4.54. The fraction of sp³-hybridized carbons (Fsp3) is 0.400. The number of nitrogens with zero attached hydrogens (tertiary/aromatic N) is 2. The van der Waals surface area contributed by atoms with Gasteiger partial charge in [0.05, 0.1) is 5.69 Å². The Morgan fingerprint density at radius 2 is 2.00 bits per heavy atom. The van der Waals surface area contributed by atoms with Gasteiger partial charge in [0, 0.05) is 18.4 Å². The van der Waals surface area contributed by atoms with E-state index in [2.05, 4.69) is 39.5 Å². The van der Waals surface area contributed by atoms with Crippen molar-refractivity contribution in [3.05, 3.63) is 42.2 Å². The Morgan fingerprint density at radius 1 is 1.21 bits per heavy atom. The van der Waals surface area contributed by atoms with E-state index in [-0.39, 0.29) is 0 Å². The third-order valence-corrected chi connectivity index (χ3v) is 3.62. The van der Waals surface area contributed by atoms with Gasteiger partial charge < -0.3 is 5.32 Å². The Balaban J connectivity index is 2.01. The van der Waals surface area contributed by atoms with E-state index in [9.17, 15) is 0 Å². The molecule has 0 atom stereocenters. The van der Waals surface area contributed by atoms with Gasteiger partial charge in [0.1, 0.15) is 0 Å². The van der Waals surface area contributed by atoms with Gasteiger partial charge in [-0.05, 0) is 43.9 Å². The number of para-hydroxylation sites is 1. The molecule has 0 saturated carbocycles. The van der Waals surface area contributed by atoms with E-state index in [0.717, 1.165) is 23.9 Å². The number of unbranched alkanes of at least 4 members (excludes halogenated alkanes) is 1. The Hall–Kier alpha value is -1.42. The molecule has 0 radical (unpaired) electrons. The third-order valence-electron chi connectivity index (χ3n) is 2.92. The number of anilines is 1. The zero-order valence-corrected chi connectivity index (χ0v) is 12.4. The largest absolute Gasteiger partial charge is 0.355 e. The van der Waals surface area contributed by atoms with Crippen LogP contribution in [0.25, 0.3) is 5.69 Å². The summed E-state index contributed by atoms with van der Waals surface area (Å²) in [5, 5.41) is 3.43. The number of aryl methyl sites for hydroxylation is 1. The maximum atomic E-state index is 4.55. The van der Waals surface area contributed by atoms with E-state index in [0.29, 0.717) is 0 Å². The molecule has 4 heteroatoms. The molecule has 2 rings (SSSR count). The maximum absolute atomic E-state index is 4.55. The smallest absolute Gasteiger partial charge is 0.207 e. The number of hydrogen-bond acceptors (Lipinski definition) is 3. The molecule has 3 nitrogen and oxygen atoms in total. The highest BCUT2D eigenvalue weighted by Crippen LogP contribution is 2.16. The van der Waals surface area contributed by atoms with Crippen LogP contribution in [0.3, 0.4) is 0 Å². The zero-order valence-electron chi connectivity index (χ0n) is 11.6. The van der Waals surface area contributed by atoms with Crippen LogP contribution in [0.2, 0.25) is 0 Å². The van der Waals surface area contributed by atoms with Crippen LogP contribution in [-0.4, -0.2) is 28.1 Å². The number of hydrogen-bond donors (Lipinski definition) is 1. The Kier molecular flexibility index (Phi) is 5.33. The molecule has 0 bridgehead atoms. The average molecular weight is 275 g/mol. The summed E-state index contributed by atoms with van der Waals surface area (Å²) in [6.45, 7) is 3.00. The monoisotopic (exact) mass is 275 g/mol. The first-order chi connectivity index (χ1) is 9.31. The molecule has 0 saturated heterocycles. The summed E-state index contributed by atoms with van der Waals surface area (Å²) in [7, 11) is 0. The predicted octanol–water partition coefficient (Wildman–Crippen LogP) is 3.74. The van der Waals surface area contributed by atoms with Crippen molar-refractivity contribution in [3.8, 4) is 5.69 Å². The van der Waals surface area contributed by atoms with Crippen LogP contribution in [0.1, 0.15) is 18.5 Å². The number of rotatable bonds is 7. The molecule has 1 N–H and O–H groups in total. The lowest BCUT2D eigenvalue weighted by molar-refractivity contribution is 0.831. The molecule has 0 aliphatic rings. The molecular formula is C15H21N3S. The fourth-order valence-electron chi connectivity index (χ4n) is 1.98. The minimum atomic E-state index is 0.938. The highest BCUT2D eigenvalue weighted by Gasteiger charge is 2.06. The summed E-state index contributed by atoms with van der Waals surface area (Å²) in [6.07, 6.45) is 6.65. The van der Waals surface area contributed by atoms with Gasteiger partial charge in [-0.1, -0.05) is 18.2 Å². The first-order valence-electron chi connectivity index (χ1n) is 6.65. The van der Waals surface area contributed by atoms with Gasteiger partial charge in [0.15, 0.2) is 0 Å². The van der Waals surface area contributed by atoms with E-state index in [4.69, 9.17) is 0 Å². The summed E-state index contributed by atoms with van der Waals surface area (Å²) in [4.78, 5) is 4.55. The number of aromatic nitrogens is 2. The van der Waals surface area contributed by atoms with Crippen molar-refractivity contribution in [3.63, 3.8) is 0 Å². The first kappa shape index (κ1) is 14.0. The van der Waals surface area contributed by atoms with Crippen molar-refractivity contribution in [1.29, 1.82) is 0 Å². The van der Waals surface area contributed by atoms with Crippen molar-refractivity contribution in [2.24, 2.45) is 0 Å². The first-order valence-corrected chi connectivity index (χ1v) is 8.05. The molecule has 1 aromatic carbocycles. The average Bonchev–Trinajstić information content (AvgIpc) is 2.81. The summed E-state index contributed by atoms with van der Waals surface area (Å²) in [6, 6.07) is 10.3. The van der Waals surface area contributed by atoms with Crippen LogP contribution in [-0.2, 0) is 0 Å². The topological polar surface area (TPSA) is 29.9 Å². The van der Waals surface area contributed by atoms with E-state index >= 15 is 0 Å². The van der Waals surface area contributed by atoms with Crippen molar-refractivity contribution in [1.82, 2.24) is 9.55 Å². The molecule has 0 fully saturated rings. The molecule has 0 unspecified atom stereocenters. The lowest BCUT2D eigenvalue weighted by Gasteiger charge is -2.09. The van der Waals surface area contributed by atoms with Crippen molar-refractivity contribution in [2.45, 2.75) is 19.8 Å². The second kappa shape index (κ2) is 7.24. The van der Waals surface area contributed by atoms with E-state index < -0.39 is 0 Å². The molecule has 0 aliphatic carbocycles. The van der Waals surface area contributed by atoms with Gasteiger partial charge in [0.25, 0.3) is 0 Å². The number of benzene rings is 1. The zero-order chi connectivity index (χ0) is 13.5. The Labute approximate surface area is 119 Å². The molecule has 102 valence electrons. The third kappa shape index (κ3) is 4.03. The lowest BCUT2D eigenvalue weighted by atomic mass is 10.3. The molecule has 0 spiro atoms. The quantitative estimate of drug-likeness (QED) is 0.781. The Morgan fingerprint density at radius 3 is 2.74 bits per heavy atom. The highest BCUT2D eigenvalue weighted by molar-refractivity contribution is 7.98. The van der Waals surface area contributed by atoms with Gasteiger partial charge in [-0.25, -0.2) is 4.98 Å². The summed E-state index contributed by atoms with van der Waals surface area (Å²) >= 11 is 1.90. The van der Waals surface area contributed by atoms with Gasteiger partial charge in [-0.2, -0.15) is 11.8 Å². The van der Waals surface area contributed by atoms with Crippen LogP contribution in [0, 0.1) is 6.92 Å². The SMILES string of the molecule is CSCCCCNc1nc(C)cn1-c1ccccc1. The molecule has 0 amide bonds. The van der Waals surface area contributed by atoms with Gasteiger partial charge in [-0.15, -0.1) is 0 Å². The summed E-state index contributed by atoms with van der Waals surface area (Å²) in [5.41, 5.74) is 2.19. The van der Waals surface area contributed by atoms with Crippen LogP contribution in [0.5, 0.6) is 0 Å². The summed E-state index contributed by atoms with van der Waals surface area (Å²) in [5.74, 6) is 2.17. The van der Waals surface area contributed by atoms with Gasteiger partial charge in [0.2, 0.25) is 5.95 Å². The van der Waals surface area contributed by atoms with Crippen molar-refractivity contribution >= 4 is 17.7 Å². The lowest BCUT2D eigenvalue weighted by Crippen LogP contribution is -2.07. The minimum Gasteiger partial charge on any atom is -0.355 e. The van der Waals surface area contributed by atoms with E-state index in [1.165, 1.54) is 18.6 Å². The van der Waals surface area contributed by atoms with Crippen molar-refractivity contribution < 1.29 is 0 Å². The maximum Gasteiger partial charge on any atom is 0.207 e. The van der Waals surface area contributed by atoms with Crippen LogP contribution in [0.15, 0.2) is 36.5 Å². The highest BCUT2D eigenvalue weighted by atomic mass is 32.2. The fourth-order valence-corrected chi connectivity index (χ4v) is 2.47. The van der Waals surface area contributed by atoms with Gasteiger partial charge >= 0.3 is 0 Å². The molecule has 2 aromatic rings. The van der Waals surface area contributed by atoms with Crippen LogP contribution >= 0.6 is 11.8 Å². The minimum absolute atomic E-state index is 0.938. The molecule has 0 aliphatic heterocycles. The summed E-state index contributed by atoms with van der Waals surface area (Å²) < 4.78 is 2.11. The number of thioether (sulfide) groups is 1. The normalized spacial score (nSPS) is 10.6. The molecule has 19 heavy (non-hydrogen) atoms. The second-order valence-corrected chi connectivity index (χ2v) is 5.52. The van der Waals surface area contributed by atoms with Crippen molar-refractivity contribution in [2.75, 3.05) is 23.9 Å². The number of nitrogens with one attached hydrogen (secondary N) is 1. The Bertz CT molecular complexity index is 493. The number of imidazole rings is 1. The van der Waals surface area contributed by atoms with Crippen LogP contribution in [0.4, 0.5) is 5.95 Å². The molecular weight excluding hydrogens is 254 g/mol.